The molecule has 36 heavy (non-hydrogen) atoms. The molecule has 13 nitrogen and oxygen atoms in total. The fourth-order valence-corrected chi connectivity index (χ4v) is 3.81. The normalized spacial score (nSPS) is 14.3. The molecule has 0 atom stereocenters. The zero-order valence-corrected chi connectivity index (χ0v) is 19.6. The van der Waals surface area contributed by atoms with Gasteiger partial charge in [-0.1, -0.05) is 12.1 Å². The molecule has 0 aliphatic carbocycles. The predicted molar refractivity (Wildman–Crippen MR) is 125 cm³/mol. The average Bonchev–Trinajstić information content (AvgIpc) is 3.05. The third kappa shape index (κ3) is 6.29. The van der Waals surface area contributed by atoms with E-state index >= 15 is 0 Å². The summed E-state index contributed by atoms with van der Waals surface area (Å²) >= 11 is 0.618. The molecular weight excluding hydrogens is 498 g/mol. The standard InChI is InChI=1S/C22H17N3O10S/c1-12(2)34-19(26)11-23-20(27)18(36-22(23)29)7-13-4-3-5-17(6-13)35-21(28)14-8-15(24(30)31)10-16(9-14)25(32)33/h3-10,12H,11H2,1-2H3/b18-7-. The Labute approximate surface area is 207 Å². The third-order valence-electron chi connectivity index (χ3n) is 4.45. The van der Waals surface area contributed by atoms with Crippen LogP contribution in [0.3, 0.4) is 0 Å². The summed E-state index contributed by atoms with van der Waals surface area (Å²) in [6.07, 6.45) is 0.945. The Morgan fingerprint density at radius 3 is 2.28 bits per heavy atom. The molecule has 1 fully saturated rings. The van der Waals surface area contributed by atoms with Gasteiger partial charge < -0.3 is 9.47 Å². The van der Waals surface area contributed by atoms with Crippen LogP contribution in [0.2, 0.25) is 0 Å². The van der Waals surface area contributed by atoms with Gasteiger partial charge in [-0.15, -0.1) is 0 Å². The van der Waals surface area contributed by atoms with Gasteiger partial charge in [0.1, 0.15) is 12.3 Å². The van der Waals surface area contributed by atoms with Crippen molar-refractivity contribution in [3.63, 3.8) is 0 Å². The van der Waals surface area contributed by atoms with Gasteiger partial charge in [0.2, 0.25) is 0 Å². The summed E-state index contributed by atoms with van der Waals surface area (Å²) in [4.78, 5) is 70.2. The van der Waals surface area contributed by atoms with Gasteiger partial charge in [-0.3, -0.25) is 39.5 Å². The van der Waals surface area contributed by atoms with E-state index in [1.54, 1.807) is 19.9 Å². The molecule has 0 unspecified atom stereocenters. The van der Waals surface area contributed by atoms with Crippen molar-refractivity contribution >= 4 is 52.3 Å². The molecule has 1 aliphatic heterocycles. The lowest BCUT2D eigenvalue weighted by Crippen LogP contribution is -2.35. The van der Waals surface area contributed by atoms with E-state index in [2.05, 4.69) is 0 Å². The molecular formula is C22H17N3O10S. The van der Waals surface area contributed by atoms with Crippen LogP contribution in [0.15, 0.2) is 47.4 Å². The summed E-state index contributed by atoms with van der Waals surface area (Å²) in [5.74, 6) is -2.54. The fourth-order valence-electron chi connectivity index (χ4n) is 2.97. The van der Waals surface area contributed by atoms with Gasteiger partial charge >= 0.3 is 11.9 Å². The van der Waals surface area contributed by atoms with Gasteiger partial charge in [0.25, 0.3) is 22.5 Å². The summed E-state index contributed by atoms with van der Waals surface area (Å²) in [5.41, 5.74) is -1.35. The first kappa shape index (κ1) is 26.0. The topological polar surface area (TPSA) is 176 Å². The third-order valence-corrected chi connectivity index (χ3v) is 5.36. The van der Waals surface area contributed by atoms with Gasteiger partial charge in [-0.25, -0.2) is 4.79 Å². The molecule has 186 valence electrons. The van der Waals surface area contributed by atoms with Crippen LogP contribution in [-0.2, 0) is 14.3 Å². The second-order valence-electron chi connectivity index (χ2n) is 7.52. The van der Waals surface area contributed by atoms with E-state index in [0.717, 1.165) is 17.0 Å². The van der Waals surface area contributed by atoms with Crippen molar-refractivity contribution in [2.45, 2.75) is 20.0 Å². The fraction of sp³-hybridized carbons (Fsp3) is 0.182. The van der Waals surface area contributed by atoms with Crippen LogP contribution in [0.25, 0.3) is 6.08 Å². The lowest BCUT2D eigenvalue weighted by molar-refractivity contribution is -0.394. The van der Waals surface area contributed by atoms with Crippen molar-refractivity contribution < 1.29 is 38.5 Å². The number of amides is 2. The predicted octanol–water partition coefficient (Wildman–Crippen LogP) is 3.71. The largest absolute Gasteiger partial charge is 0.462 e. The highest BCUT2D eigenvalue weighted by molar-refractivity contribution is 8.18. The summed E-state index contributed by atoms with van der Waals surface area (Å²) in [7, 11) is 0. The van der Waals surface area contributed by atoms with E-state index in [-0.39, 0.29) is 10.7 Å². The summed E-state index contributed by atoms with van der Waals surface area (Å²) in [6, 6.07) is 8.18. The highest BCUT2D eigenvalue weighted by atomic mass is 32.2. The molecule has 1 saturated heterocycles. The summed E-state index contributed by atoms with van der Waals surface area (Å²) in [6.45, 7) is 2.73. The number of benzene rings is 2. The SMILES string of the molecule is CC(C)OC(=O)CN1C(=O)S/C(=C\c2cccc(OC(=O)c3cc([N+](=O)[O-])cc([N+](=O)[O-])c3)c2)C1=O. The molecule has 2 amide bonds. The lowest BCUT2D eigenvalue weighted by atomic mass is 10.1. The van der Waals surface area contributed by atoms with Crippen molar-refractivity contribution in [3.05, 3.63) is 78.7 Å². The zero-order valence-electron chi connectivity index (χ0n) is 18.7. The molecule has 0 radical (unpaired) electrons. The number of rotatable bonds is 8. The number of esters is 2. The zero-order chi connectivity index (χ0) is 26.6. The summed E-state index contributed by atoms with van der Waals surface area (Å²) in [5, 5.41) is 21.4. The van der Waals surface area contributed by atoms with E-state index in [9.17, 15) is 39.4 Å². The first-order chi connectivity index (χ1) is 16.9. The monoisotopic (exact) mass is 515 g/mol. The van der Waals surface area contributed by atoms with Crippen molar-refractivity contribution in [1.29, 1.82) is 0 Å². The second-order valence-corrected chi connectivity index (χ2v) is 8.51. The summed E-state index contributed by atoms with van der Waals surface area (Å²) < 4.78 is 10.1. The Morgan fingerprint density at radius 2 is 1.69 bits per heavy atom. The Bertz CT molecular complexity index is 1290. The van der Waals surface area contributed by atoms with Gasteiger partial charge in [0, 0.05) is 12.1 Å². The van der Waals surface area contributed by atoms with E-state index in [4.69, 9.17) is 9.47 Å². The highest BCUT2D eigenvalue weighted by Crippen LogP contribution is 2.33. The number of nitrogens with zero attached hydrogens (tertiary/aromatic N) is 3. The van der Waals surface area contributed by atoms with Crippen molar-refractivity contribution in [1.82, 2.24) is 4.90 Å². The number of thioether (sulfide) groups is 1. The number of hydrogen-bond acceptors (Lipinski definition) is 11. The molecule has 3 rings (SSSR count). The van der Waals surface area contributed by atoms with Crippen LogP contribution < -0.4 is 4.74 Å². The maximum Gasteiger partial charge on any atom is 0.344 e. The number of nitro groups is 2. The quantitative estimate of drug-likeness (QED) is 0.165. The van der Waals surface area contributed by atoms with Crippen LogP contribution in [0, 0.1) is 20.2 Å². The maximum atomic E-state index is 12.6. The molecule has 0 spiro atoms. The van der Waals surface area contributed by atoms with Crippen molar-refractivity contribution in [2.75, 3.05) is 6.54 Å². The van der Waals surface area contributed by atoms with E-state index in [0.29, 0.717) is 23.4 Å². The number of ether oxygens (including phenoxy) is 2. The Balaban J connectivity index is 1.78. The minimum Gasteiger partial charge on any atom is -0.462 e. The van der Waals surface area contributed by atoms with Crippen LogP contribution in [0.5, 0.6) is 5.75 Å². The number of carbonyl (C=O) groups is 4. The minimum atomic E-state index is -1.08. The minimum absolute atomic E-state index is 0.0233. The molecule has 0 bridgehead atoms. The first-order valence-electron chi connectivity index (χ1n) is 10.2. The molecule has 0 aromatic heterocycles. The lowest BCUT2D eigenvalue weighted by Gasteiger charge is -2.13. The highest BCUT2D eigenvalue weighted by Gasteiger charge is 2.36. The number of non-ortho nitro benzene ring substituents is 2. The van der Waals surface area contributed by atoms with E-state index in [1.165, 1.54) is 24.3 Å². The number of hydrogen-bond donors (Lipinski definition) is 0. The van der Waals surface area contributed by atoms with Crippen molar-refractivity contribution in [2.24, 2.45) is 0 Å². The number of imide groups is 1. The van der Waals surface area contributed by atoms with Gasteiger partial charge in [0.15, 0.2) is 0 Å². The van der Waals surface area contributed by atoms with Crippen LogP contribution >= 0.6 is 11.8 Å². The van der Waals surface area contributed by atoms with E-state index in [1.807, 2.05) is 0 Å². The Kier molecular flexibility index (Phi) is 7.79. The Hall–Kier alpha value is -4.59. The van der Waals surface area contributed by atoms with Gasteiger partial charge in [0.05, 0.1) is 32.5 Å². The molecule has 14 heteroatoms. The molecule has 0 saturated carbocycles. The maximum absolute atomic E-state index is 12.6. The Morgan fingerprint density at radius 1 is 1.06 bits per heavy atom. The van der Waals surface area contributed by atoms with Crippen LogP contribution in [0.4, 0.5) is 16.2 Å². The number of nitro benzene ring substituents is 2. The molecule has 2 aromatic carbocycles. The van der Waals surface area contributed by atoms with Gasteiger partial charge in [-0.2, -0.15) is 0 Å². The molecule has 2 aromatic rings. The average molecular weight is 515 g/mol. The van der Waals surface area contributed by atoms with Gasteiger partial charge in [-0.05, 0) is 49.4 Å². The number of carbonyl (C=O) groups excluding carboxylic acids is 4. The second kappa shape index (κ2) is 10.8. The van der Waals surface area contributed by atoms with Crippen molar-refractivity contribution in [3.8, 4) is 5.75 Å². The molecule has 0 N–H and O–H groups in total. The van der Waals surface area contributed by atoms with E-state index < -0.39 is 62.5 Å². The van der Waals surface area contributed by atoms with Crippen LogP contribution in [0.1, 0.15) is 29.8 Å². The van der Waals surface area contributed by atoms with Crippen LogP contribution in [-0.4, -0.2) is 50.5 Å². The molecule has 1 heterocycles. The molecule has 1 aliphatic rings. The first-order valence-corrected chi connectivity index (χ1v) is 11.0. The smallest absolute Gasteiger partial charge is 0.344 e.